The molecule has 0 radical (unpaired) electrons. The molecule has 1 rings (SSSR count). The zero-order chi connectivity index (χ0) is 10.6. The van der Waals surface area contributed by atoms with Crippen LogP contribution in [0.4, 0.5) is 0 Å². The topological polar surface area (TPSA) is 21.8 Å². The molecule has 1 aliphatic heterocycles. The van der Waals surface area contributed by atoms with Crippen LogP contribution in [0, 0.1) is 0 Å². The van der Waals surface area contributed by atoms with Gasteiger partial charge in [-0.3, -0.25) is 0 Å². The minimum absolute atomic E-state index is 0.369. The molecule has 0 aromatic rings. The van der Waals surface area contributed by atoms with Gasteiger partial charge in [0.25, 0.3) is 0 Å². The molecule has 0 bridgehead atoms. The van der Waals surface area contributed by atoms with Crippen molar-refractivity contribution in [1.82, 2.24) is 0 Å². The fourth-order valence-corrected chi connectivity index (χ4v) is 4.22. The van der Waals surface area contributed by atoms with Gasteiger partial charge in [-0.05, 0) is 25.6 Å². The average Bonchev–Trinajstić information content (AvgIpc) is 2.94. The quantitative estimate of drug-likeness (QED) is 0.481. The summed E-state index contributed by atoms with van der Waals surface area (Å²) in [6.07, 6.45) is 4.45. The lowest BCUT2D eigenvalue weighted by atomic mass is 10.2. The van der Waals surface area contributed by atoms with Crippen molar-refractivity contribution >= 4 is 8.32 Å². The molecule has 0 saturated carbocycles. The molecule has 1 fully saturated rings. The van der Waals surface area contributed by atoms with Gasteiger partial charge in [0.05, 0.1) is 12.7 Å². The number of hydrogen-bond acceptors (Lipinski definition) is 2. The second-order valence-corrected chi connectivity index (χ2v) is 9.05. The molecule has 1 aliphatic rings. The number of rotatable bonds is 7. The van der Waals surface area contributed by atoms with E-state index < -0.39 is 8.32 Å². The molecule has 84 valence electrons. The molecule has 3 heteroatoms. The van der Waals surface area contributed by atoms with Gasteiger partial charge in [0.15, 0.2) is 8.32 Å². The van der Waals surface area contributed by atoms with E-state index in [4.69, 9.17) is 9.16 Å². The van der Waals surface area contributed by atoms with Crippen molar-refractivity contribution in [2.75, 3.05) is 6.61 Å². The molecule has 0 amide bonds. The Labute approximate surface area is 89.1 Å². The van der Waals surface area contributed by atoms with Crippen LogP contribution < -0.4 is 0 Å². The van der Waals surface area contributed by atoms with E-state index in [1.807, 2.05) is 0 Å². The van der Waals surface area contributed by atoms with Crippen LogP contribution in [0.1, 0.15) is 33.1 Å². The first-order valence-corrected chi connectivity index (χ1v) is 9.00. The molecule has 0 aliphatic carbocycles. The maximum atomic E-state index is 6.23. The summed E-state index contributed by atoms with van der Waals surface area (Å²) < 4.78 is 11.5. The van der Waals surface area contributed by atoms with E-state index in [0.717, 1.165) is 13.0 Å². The van der Waals surface area contributed by atoms with Crippen LogP contribution in [0.3, 0.4) is 0 Å². The standard InChI is InChI=1S/C11H24O2Si/c1-5-7-8-14(3,4)13-10(6-2)11-9-12-11/h10-11H,5-9H2,1-4H3/t10-,11+/m0/s1. The molecule has 0 aromatic carbocycles. The van der Waals surface area contributed by atoms with Crippen molar-refractivity contribution in [3.05, 3.63) is 0 Å². The van der Waals surface area contributed by atoms with Gasteiger partial charge in [-0.2, -0.15) is 0 Å². The maximum absolute atomic E-state index is 6.23. The number of hydrogen-bond donors (Lipinski definition) is 0. The van der Waals surface area contributed by atoms with E-state index >= 15 is 0 Å². The maximum Gasteiger partial charge on any atom is 0.187 e. The molecule has 1 saturated heterocycles. The van der Waals surface area contributed by atoms with Crippen molar-refractivity contribution in [2.45, 2.75) is 64.5 Å². The summed E-state index contributed by atoms with van der Waals surface area (Å²) in [4.78, 5) is 0. The zero-order valence-electron chi connectivity index (χ0n) is 10.0. The molecule has 2 atom stereocenters. The fourth-order valence-electron chi connectivity index (χ4n) is 1.76. The zero-order valence-corrected chi connectivity index (χ0v) is 11.0. The Hall–Kier alpha value is 0.137. The molecule has 1 heterocycles. The van der Waals surface area contributed by atoms with Crippen LogP contribution in [0.2, 0.25) is 19.1 Å². The largest absolute Gasteiger partial charge is 0.412 e. The third-order valence-electron chi connectivity index (χ3n) is 2.78. The normalized spacial score (nSPS) is 23.6. The highest BCUT2D eigenvalue weighted by atomic mass is 28.4. The van der Waals surface area contributed by atoms with Crippen LogP contribution in [-0.2, 0) is 9.16 Å². The van der Waals surface area contributed by atoms with Crippen molar-refractivity contribution in [3.8, 4) is 0 Å². The van der Waals surface area contributed by atoms with E-state index in [1.165, 1.54) is 18.9 Å². The number of ether oxygens (including phenoxy) is 1. The second kappa shape index (κ2) is 5.28. The van der Waals surface area contributed by atoms with E-state index in [0.29, 0.717) is 12.2 Å². The molecule has 0 aromatic heterocycles. The first kappa shape index (κ1) is 12.2. The van der Waals surface area contributed by atoms with E-state index in [9.17, 15) is 0 Å². The van der Waals surface area contributed by atoms with Crippen molar-refractivity contribution in [2.24, 2.45) is 0 Å². The summed E-state index contributed by atoms with van der Waals surface area (Å²) in [6, 6.07) is 1.28. The van der Waals surface area contributed by atoms with Gasteiger partial charge < -0.3 is 9.16 Å². The van der Waals surface area contributed by atoms with Gasteiger partial charge in [0.2, 0.25) is 0 Å². The van der Waals surface area contributed by atoms with Gasteiger partial charge in [-0.1, -0.05) is 26.7 Å². The highest BCUT2D eigenvalue weighted by Crippen LogP contribution is 2.25. The summed E-state index contributed by atoms with van der Waals surface area (Å²) in [6.45, 7) is 10.0. The highest BCUT2D eigenvalue weighted by molar-refractivity contribution is 6.71. The van der Waals surface area contributed by atoms with Crippen LogP contribution in [0.5, 0.6) is 0 Å². The Morgan fingerprint density at radius 3 is 2.50 bits per heavy atom. The SMILES string of the molecule is CCCC[Si](C)(C)O[C@@H](CC)[C@H]1CO1. The monoisotopic (exact) mass is 216 g/mol. The van der Waals surface area contributed by atoms with Crippen molar-refractivity contribution in [3.63, 3.8) is 0 Å². The van der Waals surface area contributed by atoms with Crippen LogP contribution >= 0.6 is 0 Å². The second-order valence-electron chi connectivity index (χ2n) is 4.80. The Morgan fingerprint density at radius 2 is 2.07 bits per heavy atom. The third-order valence-corrected chi connectivity index (χ3v) is 5.28. The first-order chi connectivity index (χ1) is 6.59. The Kier molecular flexibility index (Phi) is 4.61. The summed E-state index contributed by atoms with van der Waals surface area (Å²) in [5.41, 5.74) is 0. The van der Waals surface area contributed by atoms with Gasteiger partial charge in [-0.25, -0.2) is 0 Å². The molecule has 0 unspecified atom stereocenters. The molecule has 0 spiro atoms. The minimum atomic E-state index is -1.41. The predicted molar refractivity (Wildman–Crippen MR) is 62.1 cm³/mol. The summed E-state index contributed by atoms with van der Waals surface area (Å²) >= 11 is 0. The van der Waals surface area contributed by atoms with Crippen LogP contribution in [0.25, 0.3) is 0 Å². The molecule has 0 N–H and O–H groups in total. The Morgan fingerprint density at radius 1 is 1.43 bits per heavy atom. The lowest BCUT2D eigenvalue weighted by Crippen LogP contribution is -2.37. The van der Waals surface area contributed by atoms with Gasteiger partial charge >= 0.3 is 0 Å². The van der Waals surface area contributed by atoms with E-state index in [-0.39, 0.29) is 0 Å². The fraction of sp³-hybridized carbons (Fsp3) is 1.00. The third kappa shape index (κ3) is 4.11. The summed E-state index contributed by atoms with van der Waals surface area (Å²) in [5, 5.41) is 0. The van der Waals surface area contributed by atoms with Crippen LogP contribution in [-0.4, -0.2) is 27.1 Å². The van der Waals surface area contributed by atoms with E-state index in [1.54, 1.807) is 0 Å². The lowest BCUT2D eigenvalue weighted by molar-refractivity contribution is 0.146. The van der Waals surface area contributed by atoms with Crippen LogP contribution in [0.15, 0.2) is 0 Å². The van der Waals surface area contributed by atoms with Gasteiger partial charge in [0, 0.05) is 0 Å². The first-order valence-electron chi connectivity index (χ1n) is 5.88. The summed E-state index contributed by atoms with van der Waals surface area (Å²) in [7, 11) is -1.41. The number of unbranched alkanes of at least 4 members (excludes halogenated alkanes) is 1. The number of epoxide rings is 1. The lowest BCUT2D eigenvalue weighted by Gasteiger charge is -2.28. The Bertz CT molecular complexity index is 167. The smallest absolute Gasteiger partial charge is 0.187 e. The van der Waals surface area contributed by atoms with Crippen molar-refractivity contribution < 1.29 is 9.16 Å². The average molecular weight is 216 g/mol. The molecule has 2 nitrogen and oxygen atoms in total. The van der Waals surface area contributed by atoms with Crippen molar-refractivity contribution in [1.29, 1.82) is 0 Å². The van der Waals surface area contributed by atoms with Gasteiger partial charge in [0.1, 0.15) is 6.10 Å². The Balaban J connectivity index is 2.30. The minimum Gasteiger partial charge on any atom is -0.412 e. The molecular weight excluding hydrogens is 192 g/mol. The van der Waals surface area contributed by atoms with E-state index in [2.05, 4.69) is 26.9 Å². The van der Waals surface area contributed by atoms with Gasteiger partial charge in [-0.15, -0.1) is 0 Å². The molecular formula is C11H24O2Si. The predicted octanol–water partition coefficient (Wildman–Crippen LogP) is 3.19. The summed E-state index contributed by atoms with van der Waals surface area (Å²) in [5.74, 6) is 0. The molecule has 14 heavy (non-hydrogen) atoms. The highest BCUT2D eigenvalue weighted by Gasteiger charge is 2.36.